The van der Waals surface area contributed by atoms with Crippen LogP contribution in [0, 0.1) is 0 Å². The molecule has 2 heterocycles. The third-order valence-corrected chi connectivity index (χ3v) is 8.97. The lowest BCUT2D eigenvalue weighted by molar-refractivity contribution is 0.437. The van der Waals surface area contributed by atoms with Crippen molar-refractivity contribution in [1.82, 2.24) is 9.97 Å². The van der Waals surface area contributed by atoms with E-state index in [2.05, 4.69) is 133 Å². The molecule has 3 heteroatoms. The molecule has 7 aromatic rings. The summed E-state index contributed by atoms with van der Waals surface area (Å²) in [6, 6.07) is 55.1. The van der Waals surface area contributed by atoms with Crippen molar-refractivity contribution in [1.29, 1.82) is 0 Å². The largest absolute Gasteiger partial charge is 0.457 e. The van der Waals surface area contributed by atoms with E-state index in [1.165, 1.54) is 22.3 Å². The van der Waals surface area contributed by atoms with E-state index in [0.29, 0.717) is 5.82 Å². The fraction of sp³-hybridized carbons (Fsp3) is 0.0244. The van der Waals surface area contributed by atoms with E-state index in [9.17, 15) is 0 Å². The van der Waals surface area contributed by atoms with Crippen LogP contribution in [-0.4, -0.2) is 9.97 Å². The first-order valence-corrected chi connectivity index (χ1v) is 14.9. The predicted molar refractivity (Wildman–Crippen MR) is 176 cm³/mol. The molecule has 6 aromatic carbocycles. The van der Waals surface area contributed by atoms with Crippen LogP contribution in [0.2, 0.25) is 0 Å². The van der Waals surface area contributed by atoms with Crippen LogP contribution in [-0.2, 0) is 5.41 Å². The molecule has 9 rings (SSSR count). The highest BCUT2D eigenvalue weighted by atomic mass is 16.5. The highest BCUT2D eigenvalue weighted by Crippen LogP contribution is 2.63. The minimum Gasteiger partial charge on any atom is -0.457 e. The van der Waals surface area contributed by atoms with Crippen molar-refractivity contribution < 1.29 is 4.74 Å². The Morgan fingerprint density at radius 2 is 0.932 bits per heavy atom. The average Bonchev–Trinajstić information content (AvgIpc) is 3.39. The number of nitrogens with zero attached hydrogens (tertiary/aromatic N) is 2. The number of ether oxygens (including phenoxy) is 1. The summed E-state index contributed by atoms with van der Waals surface area (Å²) in [6.07, 6.45) is 0. The minimum absolute atomic E-state index is 0.585. The Labute approximate surface area is 256 Å². The average molecular weight is 563 g/mol. The summed E-state index contributed by atoms with van der Waals surface area (Å²) in [4.78, 5) is 10.3. The van der Waals surface area contributed by atoms with Gasteiger partial charge < -0.3 is 4.74 Å². The summed E-state index contributed by atoms with van der Waals surface area (Å²) in [5.41, 5.74) is 11.5. The van der Waals surface area contributed by atoms with E-state index in [1.807, 2.05) is 24.3 Å². The van der Waals surface area contributed by atoms with Crippen molar-refractivity contribution in [3.8, 4) is 56.5 Å². The van der Waals surface area contributed by atoms with Crippen molar-refractivity contribution >= 4 is 0 Å². The van der Waals surface area contributed by atoms with Crippen LogP contribution >= 0.6 is 0 Å². The van der Waals surface area contributed by atoms with E-state index < -0.39 is 5.41 Å². The SMILES string of the molecule is c1ccc(-c2cc(-c3cccc4c3C3(c5ccccc5O4)c4ccccc4-c4ccccc43)nc(-c3ccccc3)n2)cc1. The highest BCUT2D eigenvalue weighted by molar-refractivity contribution is 5.91. The van der Waals surface area contributed by atoms with E-state index in [1.54, 1.807) is 0 Å². The molecule has 0 fully saturated rings. The molecule has 3 nitrogen and oxygen atoms in total. The fourth-order valence-corrected chi connectivity index (χ4v) is 7.19. The molecule has 0 N–H and O–H groups in total. The summed E-state index contributed by atoms with van der Waals surface area (Å²) in [7, 11) is 0. The molecule has 0 amide bonds. The van der Waals surface area contributed by atoms with Crippen molar-refractivity contribution in [2.45, 2.75) is 5.41 Å². The molecule has 0 bridgehead atoms. The Balaban J connectivity index is 1.40. The Kier molecular flexibility index (Phi) is 5.41. The normalized spacial score (nSPS) is 13.4. The molecule has 1 spiro atoms. The Morgan fingerprint density at radius 3 is 1.64 bits per heavy atom. The second kappa shape index (κ2) is 9.62. The van der Waals surface area contributed by atoms with Crippen LogP contribution in [0.4, 0.5) is 0 Å². The summed E-state index contributed by atoms with van der Waals surface area (Å²) in [5, 5.41) is 0. The van der Waals surface area contributed by atoms with Gasteiger partial charge in [0.05, 0.1) is 16.8 Å². The van der Waals surface area contributed by atoms with Gasteiger partial charge in [-0.2, -0.15) is 0 Å². The molecule has 206 valence electrons. The molecule has 44 heavy (non-hydrogen) atoms. The second-order valence-corrected chi connectivity index (χ2v) is 11.3. The van der Waals surface area contributed by atoms with Gasteiger partial charge >= 0.3 is 0 Å². The van der Waals surface area contributed by atoms with Gasteiger partial charge in [0, 0.05) is 27.8 Å². The minimum atomic E-state index is -0.585. The topological polar surface area (TPSA) is 35.0 Å². The number of hydrogen-bond acceptors (Lipinski definition) is 3. The predicted octanol–water partition coefficient (Wildman–Crippen LogP) is 9.95. The zero-order valence-corrected chi connectivity index (χ0v) is 23.8. The van der Waals surface area contributed by atoms with Crippen molar-refractivity contribution in [2.24, 2.45) is 0 Å². The van der Waals surface area contributed by atoms with Crippen molar-refractivity contribution in [3.63, 3.8) is 0 Å². The Morgan fingerprint density at radius 1 is 0.409 bits per heavy atom. The number of para-hydroxylation sites is 1. The summed E-state index contributed by atoms with van der Waals surface area (Å²) in [6.45, 7) is 0. The van der Waals surface area contributed by atoms with Crippen LogP contribution in [0.25, 0.3) is 45.0 Å². The van der Waals surface area contributed by atoms with Crippen LogP contribution in [0.5, 0.6) is 11.5 Å². The number of hydrogen-bond donors (Lipinski definition) is 0. The molecular weight excluding hydrogens is 536 g/mol. The van der Waals surface area contributed by atoms with Gasteiger partial charge in [-0.05, 0) is 40.5 Å². The van der Waals surface area contributed by atoms with Gasteiger partial charge in [0.25, 0.3) is 0 Å². The molecule has 0 radical (unpaired) electrons. The molecular formula is C41H26N2O. The van der Waals surface area contributed by atoms with Crippen LogP contribution in [0.3, 0.4) is 0 Å². The molecule has 1 aliphatic heterocycles. The van der Waals surface area contributed by atoms with E-state index in [4.69, 9.17) is 14.7 Å². The second-order valence-electron chi connectivity index (χ2n) is 11.3. The standard InChI is InChI=1S/C41H26N2O/c1-3-14-27(15-4-1)35-26-36(43-40(42-35)28-16-5-2-6-17-28)31-20-13-25-38-39(31)41(34-23-11-12-24-37(34)44-38)32-21-9-7-18-29(32)30-19-8-10-22-33(30)41/h1-26H. The van der Waals surface area contributed by atoms with Gasteiger partial charge in [-0.15, -0.1) is 0 Å². The van der Waals surface area contributed by atoms with E-state index >= 15 is 0 Å². The molecule has 0 unspecified atom stereocenters. The maximum Gasteiger partial charge on any atom is 0.160 e. The maximum atomic E-state index is 6.74. The van der Waals surface area contributed by atoms with Gasteiger partial charge in [0.1, 0.15) is 11.5 Å². The van der Waals surface area contributed by atoms with Gasteiger partial charge in [0.2, 0.25) is 0 Å². The Hall–Kier alpha value is -5.80. The molecule has 0 saturated heterocycles. The van der Waals surface area contributed by atoms with E-state index in [0.717, 1.165) is 50.7 Å². The smallest absolute Gasteiger partial charge is 0.160 e. The van der Waals surface area contributed by atoms with Gasteiger partial charge in [-0.3, -0.25) is 0 Å². The monoisotopic (exact) mass is 562 g/mol. The fourth-order valence-electron chi connectivity index (χ4n) is 7.19. The maximum absolute atomic E-state index is 6.74. The third-order valence-electron chi connectivity index (χ3n) is 8.97. The summed E-state index contributed by atoms with van der Waals surface area (Å²) >= 11 is 0. The van der Waals surface area contributed by atoms with Gasteiger partial charge in [-0.25, -0.2) is 9.97 Å². The van der Waals surface area contributed by atoms with Crippen LogP contribution in [0.15, 0.2) is 158 Å². The molecule has 0 atom stereocenters. The number of aromatic nitrogens is 2. The zero-order chi connectivity index (χ0) is 29.1. The van der Waals surface area contributed by atoms with E-state index in [-0.39, 0.29) is 0 Å². The highest BCUT2D eigenvalue weighted by Gasteiger charge is 2.52. The Bertz CT molecular complexity index is 2100. The quantitative estimate of drug-likeness (QED) is 0.215. The van der Waals surface area contributed by atoms with Gasteiger partial charge in [-0.1, -0.05) is 140 Å². The van der Waals surface area contributed by atoms with Crippen molar-refractivity contribution in [3.05, 3.63) is 180 Å². The lowest BCUT2D eigenvalue weighted by Gasteiger charge is -2.40. The number of rotatable bonds is 3. The molecule has 1 aliphatic carbocycles. The molecule has 2 aliphatic rings. The van der Waals surface area contributed by atoms with Crippen LogP contribution < -0.4 is 4.74 Å². The number of fused-ring (bicyclic) bond motifs is 9. The molecule has 1 aromatic heterocycles. The lowest BCUT2D eigenvalue weighted by atomic mass is 9.64. The third kappa shape index (κ3) is 3.50. The number of benzene rings is 6. The van der Waals surface area contributed by atoms with Gasteiger partial charge in [0.15, 0.2) is 5.82 Å². The summed E-state index contributed by atoms with van der Waals surface area (Å²) < 4.78 is 6.74. The summed E-state index contributed by atoms with van der Waals surface area (Å²) in [5.74, 6) is 2.41. The van der Waals surface area contributed by atoms with Crippen molar-refractivity contribution in [2.75, 3.05) is 0 Å². The molecule has 0 saturated carbocycles. The lowest BCUT2D eigenvalue weighted by Crippen LogP contribution is -2.33. The first kappa shape index (κ1) is 24.8. The first-order valence-electron chi connectivity index (χ1n) is 14.9. The van der Waals surface area contributed by atoms with Crippen LogP contribution in [0.1, 0.15) is 22.3 Å². The zero-order valence-electron chi connectivity index (χ0n) is 23.8. The first-order chi connectivity index (χ1) is 21.8.